The molecule has 41 heavy (non-hydrogen) atoms. The molecule has 0 unspecified atom stereocenters. The van der Waals surface area contributed by atoms with Crippen molar-refractivity contribution in [1.82, 2.24) is 14.3 Å². The van der Waals surface area contributed by atoms with Gasteiger partial charge in [-0.3, -0.25) is 4.79 Å². The Bertz CT molecular complexity index is 1670. The molecule has 2 saturated heterocycles. The maximum atomic E-state index is 13.4. The molecular formula is C29H27F3N4O4S. The minimum Gasteiger partial charge on any atom is -0.443 e. The number of ketones is 1. The van der Waals surface area contributed by atoms with Crippen LogP contribution in [0.1, 0.15) is 36.9 Å². The Morgan fingerprint density at radius 1 is 0.976 bits per heavy atom. The maximum absolute atomic E-state index is 13.4. The number of benzene rings is 2. The standard InChI is InChI=1S/C29H27F3N4O4S/c30-29(31,32)21-10-8-19(9-11-21)23-18-22(33-28(34-23)35-14-4-15-35)12-13-25(37)24-6-3-16-36(24)41(38,39)27-17-20-5-1-2-7-26(20)40-27/h1-2,5,7-11,17-18,24H,3-4,6,12-16H2/t24-/m0/s1. The summed E-state index contributed by atoms with van der Waals surface area (Å²) in [6.45, 7) is 1.76. The molecule has 2 fully saturated rings. The molecule has 2 aromatic carbocycles. The van der Waals surface area contributed by atoms with Gasteiger partial charge < -0.3 is 9.32 Å². The van der Waals surface area contributed by atoms with E-state index in [4.69, 9.17) is 4.42 Å². The van der Waals surface area contributed by atoms with E-state index in [0.717, 1.165) is 31.6 Å². The van der Waals surface area contributed by atoms with Crippen molar-refractivity contribution in [1.29, 1.82) is 0 Å². The molecular weight excluding hydrogens is 557 g/mol. The first-order valence-corrected chi connectivity index (χ1v) is 14.9. The van der Waals surface area contributed by atoms with E-state index in [2.05, 4.69) is 9.97 Å². The number of aromatic nitrogens is 2. The molecule has 0 amide bonds. The van der Waals surface area contributed by atoms with Crippen molar-refractivity contribution in [2.45, 2.75) is 49.4 Å². The molecule has 1 atom stereocenters. The number of sulfonamides is 1. The number of aryl methyl sites for hydroxylation is 1. The van der Waals surface area contributed by atoms with Crippen molar-refractivity contribution < 1.29 is 30.8 Å². The van der Waals surface area contributed by atoms with Crippen LogP contribution < -0.4 is 4.90 Å². The second-order valence-electron chi connectivity index (χ2n) is 10.3. The third-order valence-corrected chi connectivity index (χ3v) is 9.35. The topological polar surface area (TPSA) is 96.6 Å². The number of hydrogen-bond donors (Lipinski definition) is 0. The molecule has 8 nitrogen and oxygen atoms in total. The zero-order chi connectivity index (χ0) is 28.8. The first-order chi connectivity index (χ1) is 19.6. The van der Waals surface area contributed by atoms with Gasteiger partial charge in [0.15, 0.2) is 5.78 Å². The summed E-state index contributed by atoms with van der Waals surface area (Å²) < 4.78 is 72.8. The fourth-order valence-electron chi connectivity index (χ4n) is 5.21. The smallest absolute Gasteiger partial charge is 0.416 e. The van der Waals surface area contributed by atoms with Gasteiger partial charge in [-0.2, -0.15) is 17.5 Å². The van der Waals surface area contributed by atoms with Gasteiger partial charge in [0.2, 0.25) is 11.0 Å². The van der Waals surface area contributed by atoms with Crippen LogP contribution >= 0.6 is 0 Å². The fraction of sp³-hybridized carbons (Fsp3) is 0.345. The first kappa shape index (κ1) is 27.4. The van der Waals surface area contributed by atoms with Crippen LogP contribution in [0.5, 0.6) is 0 Å². The molecule has 0 aliphatic carbocycles. The first-order valence-electron chi connectivity index (χ1n) is 13.4. The number of hydrogen-bond acceptors (Lipinski definition) is 7. The van der Waals surface area contributed by atoms with Gasteiger partial charge >= 0.3 is 6.18 Å². The van der Waals surface area contributed by atoms with E-state index in [1.165, 1.54) is 22.5 Å². The van der Waals surface area contributed by atoms with Gasteiger partial charge in [-0.1, -0.05) is 30.3 Å². The Hall–Kier alpha value is -3.77. The fourth-order valence-corrected chi connectivity index (χ4v) is 6.84. The Morgan fingerprint density at radius 2 is 1.73 bits per heavy atom. The second kappa shape index (κ2) is 10.6. The molecule has 4 aromatic rings. The number of carbonyl (C=O) groups is 1. The summed E-state index contributed by atoms with van der Waals surface area (Å²) in [7, 11) is -4.01. The van der Waals surface area contributed by atoms with Gasteiger partial charge in [0.05, 0.1) is 17.3 Å². The average molecular weight is 585 g/mol. The molecule has 0 N–H and O–H groups in total. The Balaban J connectivity index is 1.21. The Morgan fingerprint density at radius 3 is 2.41 bits per heavy atom. The number of alkyl halides is 3. The van der Waals surface area contributed by atoms with E-state index in [1.54, 1.807) is 30.3 Å². The van der Waals surface area contributed by atoms with E-state index < -0.39 is 27.8 Å². The molecule has 12 heteroatoms. The van der Waals surface area contributed by atoms with E-state index in [0.29, 0.717) is 46.7 Å². The highest BCUT2D eigenvalue weighted by atomic mass is 32.2. The molecule has 214 valence electrons. The normalized spacial score (nSPS) is 18.1. The number of rotatable bonds is 8. The van der Waals surface area contributed by atoms with Crippen molar-refractivity contribution in [3.8, 4) is 11.3 Å². The van der Waals surface area contributed by atoms with Gasteiger partial charge in [0.1, 0.15) is 5.58 Å². The monoisotopic (exact) mass is 584 g/mol. The van der Waals surface area contributed by atoms with Crippen molar-refractivity contribution in [2.75, 3.05) is 24.5 Å². The number of halogens is 3. The minimum atomic E-state index is -4.44. The van der Waals surface area contributed by atoms with Crippen LogP contribution in [0.2, 0.25) is 0 Å². The lowest BCUT2D eigenvalue weighted by Gasteiger charge is -2.31. The van der Waals surface area contributed by atoms with Crippen LogP contribution in [0.25, 0.3) is 22.2 Å². The molecule has 0 bridgehead atoms. The van der Waals surface area contributed by atoms with E-state index in [1.807, 2.05) is 4.90 Å². The summed E-state index contributed by atoms with van der Waals surface area (Å²) >= 11 is 0. The van der Waals surface area contributed by atoms with Gasteiger partial charge in [-0.15, -0.1) is 0 Å². The van der Waals surface area contributed by atoms with Crippen LogP contribution in [-0.2, 0) is 27.4 Å². The quantitative estimate of drug-likeness (QED) is 0.271. The third-order valence-electron chi connectivity index (χ3n) is 7.58. The predicted molar refractivity (Wildman–Crippen MR) is 146 cm³/mol. The second-order valence-corrected chi connectivity index (χ2v) is 12.1. The third kappa shape index (κ3) is 5.45. The van der Waals surface area contributed by atoms with E-state index in [9.17, 15) is 26.4 Å². The summed E-state index contributed by atoms with van der Waals surface area (Å²) in [4.78, 5) is 24.5. The molecule has 6 rings (SSSR count). The van der Waals surface area contributed by atoms with Crippen molar-refractivity contribution >= 4 is 32.7 Å². The van der Waals surface area contributed by atoms with Crippen molar-refractivity contribution in [2.24, 2.45) is 0 Å². The van der Waals surface area contributed by atoms with Gasteiger partial charge in [-0.25, -0.2) is 18.4 Å². The van der Waals surface area contributed by atoms with Gasteiger partial charge in [0, 0.05) is 48.8 Å². The minimum absolute atomic E-state index is 0.0553. The molecule has 0 radical (unpaired) electrons. The molecule has 0 saturated carbocycles. The van der Waals surface area contributed by atoms with Gasteiger partial charge in [0.25, 0.3) is 10.0 Å². The lowest BCUT2D eigenvalue weighted by molar-refractivity contribution is -0.137. The number of carbonyl (C=O) groups excluding carboxylic acids is 1. The highest BCUT2D eigenvalue weighted by Crippen LogP contribution is 2.33. The summed E-state index contributed by atoms with van der Waals surface area (Å²) in [5.74, 6) is 0.244. The highest BCUT2D eigenvalue weighted by Gasteiger charge is 2.40. The van der Waals surface area contributed by atoms with Crippen LogP contribution in [-0.4, -0.2) is 54.2 Å². The molecule has 2 aliphatic rings. The maximum Gasteiger partial charge on any atom is 0.416 e. The lowest BCUT2D eigenvalue weighted by atomic mass is 10.0. The van der Waals surface area contributed by atoms with Crippen LogP contribution in [0, 0.1) is 0 Å². The highest BCUT2D eigenvalue weighted by molar-refractivity contribution is 7.89. The summed E-state index contributed by atoms with van der Waals surface area (Å²) in [6, 6.07) is 14.1. The van der Waals surface area contributed by atoms with Crippen LogP contribution in [0.15, 0.2) is 70.2 Å². The summed E-state index contributed by atoms with van der Waals surface area (Å²) in [6.07, 6.45) is -2.19. The van der Waals surface area contributed by atoms with E-state index >= 15 is 0 Å². The summed E-state index contributed by atoms with van der Waals surface area (Å²) in [5, 5.41) is 0.480. The molecule has 4 heterocycles. The number of fused-ring (bicyclic) bond motifs is 1. The lowest BCUT2D eigenvalue weighted by Crippen LogP contribution is -2.40. The molecule has 2 aromatic heterocycles. The predicted octanol–water partition coefficient (Wildman–Crippen LogP) is 5.47. The van der Waals surface area contributed by atoms with Crippen LogP contribution in [0.3, 0.4) is 0 Å². The largest absolute Gasteiger partial charge is 0.443 e. The average Bonchev–Trinajstić information content (AvgIpc) is 3.59. The van der Waals surface area contributed by atoms with Gasteiger partial charge in [-0.05, 0) is 49.9 Å². The Labute approximate surface area is 234 Å². The Kier molecular flexibility index (Phi) is 7.06. The van der Waals surface area contributed by atoms with Crippen LogP contribution in [0.4, 0.5) is 19.1 Å². The summed E-state index contributed by atoms with van der Waals surface area (Å²) in [5.41, 5.74) is 1.25. The number of para-hydroxylation sites is 1. The zero-order valence-corrected chi connectivity index (χ0v) is 22.8. The number of nitrogens with zero attached hydrogens (tertiary/aromatic N) is 4. The van der Waals surface area contributed by atoms with Crippen molar-refractivity contribution in [3.63, 3.8) is 0 Å². The SMILES string of the molecule is O=C(CCc1cc(-c2ccc(C(F)(F)F)cc2)nc(N2CCC2)n1)[C@@H]1CCCN1S(=O)(=O)c1cc2ccccc2o1. The molecule has 2 aliphatic heterocycles. The number of furan rings is 1. The molecule has 0 spiro atoms. The van der Waals surface area contributed by atoms with E-state index in [-0.39, 0.29) is 30.3 Å². The number of anilines is 1. The van der Waals surface area contributed by atoms with Crippen molar-refractivity contribution in [3.05, 3.63) is 71.9 Å². The zero-order valence-electron chi connectivity index (χ0n) is 22.0. The number of Topliss-reactive ketones (excluding diaryl/α,β-unsaturated/α-hetero) is 1.